The molecule has 1 amide bonds. The number of thioether (sulfide) groups is 1. The van der Waals surface area contributed by atoms with Gasteiger partial charge in [0.2, 0.25) is 0 Å². The number of ether oxygens (including phenoxy) is 1. The molecule has 0 fully saturated rings. The fraction of sp³-hybridized carbons (Fsp3) is 0.312. The molecule has 1 N–H and O–H groups in total. The first-order valence-corrected chi connectivity index (χ1v) is 9.61. The number of nitrogens with one attached hydrogen (secondary N) is 1. The predicted molar refractivity (Wildman–Crippen MR) is 98.2 cm³/mol. The number of amides is 1. The summed E-state index contributed by atoms with van der Waals surface area (Å²) in [5, 5.41) is 2.94. The van der Waals surface area contributed by atoms with Gasteiger partial charge in [0.05, 0.1) is 10.9 Å². The Bertz CT molecular complexity index is 643. The summed E-state index contributed by atoms with van der Waals surface area (Å²) in [5.41, 5.74) is 1.66. The van der Waals surface area contributed by atoms with Gasteiger partial charge < -0.3 is 10.1 Å². The first-order chi connectivity index (χ1) is 10.6. The lowest BCUT2D eigenvalue weighted by molar-refractivity contribution is 0.0956. The molecule has 6 heteroatoms. The van der Waals surface area contributed by atoms with Crippen LogP contribution in [-0.4, -0.2) is 25.3 Å². The molecule has 3 nitrogen and oxygen atoms in total. The van der Waals surface area contributed by atoms with Crippen LogP contribution >= 0.6 is 39.0 Å². The number of carbonyl (C=O) groups excluding carboxylic acids is 1. The summed E-state index contributed by atoms with van der Waals surface area (Å²) in [4.78, 5) is 13.4. The smallest absolute Gasteiger partial charge is 0.251 e. The minimum Gasteiger partial charge on any atom is -0.496 e. The van der Waals surface area contributed by atoms with Crippen molar-refractivity contribution in [1.29, 1.82) is 0 Å². The largest absolute Gasteiger partial charge is 0.496 e. The Balaban J connectivity index is 1.73. The van der Waals surface area contributed by atoms with Crippen LogP contribution in [0, 0.1) is 6.92 Å². The van der Waals surface area contributed by atoms with E-state index < -0.39 is 0 Å². The van der Waals surface area contributed by atoms with Gasteiger partial charge >= 0.3 is 0 Å². The van der Waals surface area contributed by atoms with Crippen LogP contribution in [0.5, 0.6) is 5.75 Å². The van der Waals surface area contributed by atoms with E-state index in [1.807, 2.05) is 30.8 Å². The summed E-state index contributed by atoms with van der Waals surface area (Å²) in [7, 11) is 1.61. The molecule has 2 aromatic rings. The lowest BCUT2D eigenvalue weighted by atomic mass is 10.1. The van der Waals surface area contributed by atoms with Crippen LogP contribution < -0.4 is 10.1 Å². The van der Waals surface area contributed by atoms with Crippen molar-refractivity contribution in [2.75, 3.05) is 19.4 Å². The Morgan fingerprint density at radius 1 is 1.36 bits per heavy atom. The first-order valence-electron chi connectivity index (χ1n) is 6.85. The van der Waals surface area contributed by atoms with E-state index in [0.29, 0.717) is 12.1 Å². The number of halogens is 1. The van der Waals surface area contributed by atoms with Crippen LogP contribution in [0.4, 0.5) is 0 Å². The third-order valence-electron chi connectivity index (χ3n) is 3.08. The Labute approximate surface area is 147 Å². The topological polar surface area (TPSA) is 38.3 Å². The first kappa shape index (κ1) is 17.4. The minimum atomic E-state index is -0.0576. The zero-order valence-electron chi connectivity index (χ0n) is 12.5. The summed E-state index contributed by atoms with van der Waals surface area (Å²) in [5.74, 6) is 2.55. The maximum absolute atomic E-state index is 12.1. The molecule has 0 saturated heterocycles. The van der Waals surface area contributed by atoms with E-state index in [1.54, 1.807) is 24.5 Å². The summed E-state index contributed by atoms with van der Waals surface area (Å²) < 4.78 is 6.40. The Hall–Kier alpha value is -0.980. The maximum Gasteiger partial charge on any atom is 0.251 e. The minimum absolute atomic E-state index is 0.0576. The predicted octanol–water partition coefficient (Wildman–Crippen LogP) is 4.49. The van der Waals surface area contributed by atoms with E-state index >= 15 is 0 Å². The number of aryl methyl sites for hydroxylation is 1. The van der Waals surface area contributed by atoms with Gasteiger partial charge in [0, 0.05) is 28.5 Å². The Morgan fingerprint density at radius 2 is 2.18 bits per heavy atom. The number of rotatable bonds is 7. The molecule has 0 atom stereocenters. The number of thiophene rings is 1. The quantitative estimate of drug-likeness (QED) is 0.696. The second-order valence-corrected chi connectivity index (χ2v) is 8.35. The third kappa shape index (κ3) is 5.04. The number of hydrogen-bond donors (Lipinski definition) is 1. The zero-order valence-corrected chi connectivity index (χ0v) is 15.7. The van der Waals surface area contributed by atoms with E-state index in [4.69, 9.17) is 4.74 Å². The van der Waals surface area contributed by atoms with Crippen molar-refractivity contribution in [2.24, 2.45) is 0 Å². The highest BCUT2D eigenvalue weighted by Crippen LogP contribution is 2.25. The van der Waals surface area contributed by atoms with Crippen LogP contribution in [0.15, 0.2) is 34.1 Å². The second-order valence-electron chi connectivity index (χ2n) is 4.70. The van der Waals surface area contributed by atoms with Crippen LogP contribution in [0.1, 0.15) is 20.8 Å². The average molecular weight is 400 g/mol. The van der Waals surface area contributed by atoms with Crippen LogP contribution in [0.3, 0.4) is 0 Å². The van der Waals surface area contributed by atoms with E-state index in [-0.39, 0.29) is 5.91 Å². The molecule has 1 aromatic heterocycles. The average Bonchev–Trinajstić information content (AvgIpc) is 2.92. The van der Waals surface area contributed by atoms with Crippen molar-refractivity contribution < 1.29 is 9.53 Å². The molecule has 0 aliphatic rings. The molecule has 0 radical (unpaired) electrons. The molecular formula is C16H18BrNO2S2. The van der Waals surface area contributed by atoms with Crippen LogP contribution in [-0.2, 0) is 5.75 Å². The van der Waals surface area contributed by atoms with E-state index in [2.05, 4.69) is 33.4 Å². The molecule has 0 spiro atoms. The van der Waals surface area contributed by atoms with E-state index in [9.17, 15) is 4.79 Å². The summed E-state index contributed by atoms with van der Waals surface area (Å²) in [6.45, 7) is 2.62. The number of carbonyl (C=O) groups is 1. The summed E-state index contributed by atoms with van der Waals surface area (Å²) >= 11 is 7.02. The van der Waals surface area contributed by atoms with Crippen LogP contribution in [0.2, 0.25) is 0 Å². The summed E-state index contributed by atoms with van der Waals surface area (Å²) in [6, 6.07) is 9.69. The molecule has 0 unspecified atom stereocenters. The van der Waals surface area contributed by atoms with Gasteiger partial charge in [-0.2, -0.15) is 11.8 Å². The van der Waals surface area contributed by atoms with Crippen molar-refractivity contribution in [2.45, 2.75) is 12.7 Å². The third-order valence-corrected chi connectivity index (χ3v) is 5.89. The molecule has 2 rings (SSSR count). The summed E-state index contributed by atoms with van der Waals surface area (Å²) in [6.07, 6.45) is 0. The highest BCUT2D eigenvalue weighted by atomic mass is 79.9. The molecule has 1 heterocycles. The molecule has 0 aliphatic carbocycles. The van der Waals surface area contributed by atoms with E-state index in [1.165, 1.54) is 4.88 Å². The molecule has 0 saturated carbocycles. The standard InChI is InChI=1S/C16H18BrNO2S2/c1-11-3-4-12(9-14(11)20-2)16(19)18-7-8-21-10-13-5-6-15(17)22-13/h3-6,9H,7-8,10H2,1-2H3,(H,18,19). The Morgan fingerprint density at radius 3 is 2.86 bits per heavy atom. The fourth-order valence-electron chi connectivity index (χ4n) is 1.90. The zero-order chi connectivity index (χ0) is 15.9. The van der Waals surface area contributed by atoms with Gasteiger partial charge in [0.1, 0.15) is 5.75 Å². The molecule has 22 heavy (non-hydrogen) atoms. The highest BCUT2D eigenvalue weighted by Gasteiger charge is 2.08. The van der Waals surface area contributed by atoms with Crippen molar-refractivity contribution in [3.05, 3.63) is 50.1 Å². The lowest BCUT2D eigenvalue weighted by Crippen LogP contribution is -2.25. The van der Waals surface area contributed by atoms with Crippen molar-refractivity contribution in [3.63, 3.8) is 0 Å². The van der Waals surface area contributed by atoms with Gasteiger partial charge in [-0.3, -0.25) is 4.79 Å². The fourth-order valence-corrected chi connectivity index (χ4v) is 4.35. The van der Waals surface area contributed by atoms with Gasteiger partial charge in [0.15, 0.2) is 0 Å². The molecule has 0 bridgehead atoms. The monoisotopic (exact) mass is 399 g/mol. The maximum atomic E-state index is 12.1. The molecular weight excluding hydrogens is 382 g/mol. The number of methoxy groups -OCH3 is 1. The number of hydrogen-bond acceptors (Lipinski definition) is 4. The van der Waals surface area contributed by atoms with Gasteiger partial charge in [0.25, 0.3) is 5.91 Å². The van der Waals surface area contributed by atoms with Gasteiger partial charge in [-0.05, 0) is 52.7 Å². The number of benzene rings is 1. The lowest BCUT2D eigenvalue weighted by Gasteiger charge is -2.08. The second kappa shape index (κ2) is 8.60. The van der Waals surface area contributed by atoms with E-state index in [0.717, 1.165) is 26.6 Å². The molecule has 1 aromatic carbocycles. The van der Waals surface area contributed by atoms with Crippen molar-refractivity contribution in [3.8, 4) is 5.75 Å². The van der Waals surface area contributed by atoms with Crippen molar-refractivity contribution in [1.82, 2.24) is 5.32 Å². The highest BCUT2D eigenvalue weighted by molar-refractivity contribution is 9.11. The Kier molecular flexibility index (Phi) is 6.79. The van der Waals surface area contributed by atoms with Crippen LogP contribution in [0.25, 0.3) is 0 Å². The van der Waals surface area contributed by atoms with Crippen molar-refractivity contribution >= 4 is 44.9 Å². The molecule has 0 aliphatic heterocycles. The normalized spacial score (nSPS) is 10.5. The SMILES string of the molecule is COc1cc(C(=O)NCCSCc2ccc(Br)s2)ccc1C. The molecule has 118 valence electrons. The van der Waals surface area contributed by atoms with Gasteiger partial charge in [-0.1, -0.05) is 6.07 Å². The van der Waals surface area contributed by atoms with Gasteiger partial charge in [-0.15, -0.1) is 11.3 Å². The van der Waals surface area contributed by atoms with Gasteiger partial charge in [-0.25, -0.2) is 0 Å².